The van der Waals surface area contributed by atoms with Gasteiger partial charge in [-0.3, -0.25) is 4.79 Å². The highest BCUT2D eigenvalue weighted by Gasteiger charge is 2.09. The summed E-state index contributed by atoms with van der Waals surface area (Å²) in [6, 6.07) is 14.2. The molecule has 2 aromatic carbocycles. The number of carbonyl (C=O) groups excluding carboxylic acids is 2. The average molecular weight is 327 g/mol. The van der Waals surface area contributed by atoms with Crippen LogP contribution in [0.3, 0.4) is 0 Å². The molecule has 3 amide bonds. The van der Waals surface area contributed by atoms with Gasteiger partial charge in [-0.05, 0) is 30.2 Å². The second-order valence-electron chi connectivity index (χ2n) is 5.07. The number of carbonyl (C=O) groups is 2. The molecule has 126 valence electrons. The van der Waals surface area contributed by atoms with Crippen LogP contribution in [0.15, 0.2) is 48.5 Å². The first kappa shape index (κ1) is 17.3. The second-order valence-corrected chi connectivity index (χ2v) is 5.07. The zero-order valence-corrected chi connectivity index (χ0v) is 13.8. The van der Waals surface area contributed by atoms with Crippen molar-refractivity contribution in [1.82, 2.24) is 5.32 Å². The third-order valence-electron chi connectivity index (χ3n) is 3.44. The molecular weight excluding hydrogens is 306 g/mol. The molecule has 3 N–H and O–H groups in total. The molecule has 0 unspecified atom stereocenters. The van der Waals surface area contributed by atoms with Crippen LogP contribution >= 0.6 is 0 Å². The number of methoxy groups -OCH3 is 1. The number of urea groups is 1. The third-order valence-corrected chi connectivity index (χ3v) is 3.44. The molecule has 0 fully saturated rings. The predicted molar refractivity (Wildman–Crippen MR) is 94.5 cm³/mol. The number of para-hydroxylation sites is 3. The Bertz CT molecular complexity index is 655. The molecule has 2 rings (SSSR count). The molecule has 0 atom stereocenters. The first-order chi connectivity index (χ1) is 11.6. The van der Waals surface area contributed by atoms with Crippen molar-refractivity contribution in [2.75, 3.05) is 24.3 Å². The largest absolute Gasteiger partial charge is 0.495 e. The van der Waals surface area contributed by atoms with Gasteiger partial charge in [0.2, 0.25) is 5.91 Å². The van der Waals surface area contributed by atoms with Crippen molar-refractivity contribution >= 4 is 23.3 Å². The molecule has 0 saturated heterocycles. The van der Waals surface area contributed by atoms with Gasteiger partial charge in [0.05, 0.1) is 19.3 Å². The minimum atomic E-state index is -0.474. The van der Waals surface area contributed by atoms with Gasteiger partial charge in [-0.2, -0.15) is 0 Å². The van der Waals surface area contributed by atoms with Crippen molar-refractivity contribution in [3.8, 4) is 5.75 Å². The van der Waals surface area contributed by atoms with Crippen LogP contribution in [-0.4, -0.2) is 25.6 Å². The van der Waals surface area contributed by atoms with E-state index in [1.165, 1.54) is 7.11 Å². The van der Waals surface area contributed by atoms with E-state index in [1.807, 2.05) is 31.2 Å². The molecule has 0 spiro atoms. The molecule has 0 heterocycles. The molecule has 0 bridgehead atoms. The highest BCUT2D eigenvalue weighted by molar-refractivity contribution is 5.97. The van der Waals surface area contributed by atoms with E-state index in [2.05, 4.69) is 16.0 Å². The number of amides is 3. The van der Waals surface area contributed by atoms with Gasteiger partial charge in [0.25, 0.3) is 0 Å². The molecule has 0 aliphatic carbocycles. The Morgan fingerprint density at radius 3 is 2.33 bits per heavy atom. The molecule has 0 aliphatic rings. The lowest BCUT2D eigenvalue weighted by molar-refractivity contribution is -0.115. The third kappa shape index (κ3) is 4.74. The second kappa shape index (κ2) is 8.57. The fraction of sp³-hybridized carbons (Fsp3) is 0.222. The van der Waals surface area contributed by atoms with Gasteiger partial charge >= 0.3 is 6.03 Å². The minimum absolute atomic E-state index is 0.126. The summed E-state index contributed by atoms with van der Waals surface area (Å²) in [7, 11) is 1.52. The highest BCUT2D eigenvalue weighted by atomic mass is 16.5. The first-order valence-corrected chi connectivity index (χ1v) is 7.69. The lowest BCUT2D eigenvalue weighted by Crippen LogP contribution is -2.36. The Kier molecular flexibility index (Phi) is 6.19. The lowest BCUT2D eigenvalue weighted by atomic mass is 10.1. The molecule has 6 heteroatoms. The van der Waals surface area contributed by atoms with Gasteiger partial charge in [-0.1, -0.05) is 37.3 Å². The highest BCUT2D eigenvalue weighted by Crippen LogP contribution is 2.22. The SMILES string of the molecule is CCc1ccccc1NC(=O)CNC(=O)Nc1ccccc1OC. The van der Waals surface area contributed by atoms with Crippen LogP contribution in [-0.2, 0) is 11.2 Å². The van der Waals surface area contributed by atoms with Crippen molar-refractivity contribution in [3.63, 3.8) is 0 Å². The van der Waals surface area contributed by atoms with Crippen molar-refractivity contribution in [2.45, 2.75) is 13.3 Å². The van der Waals surface area contributed by atoms with Crippen molar-refractivity contribution in [3.05, 3.63) is 54.1 Å². The standard InChI is InChI=1S/C18H21N3O3/c1-3-13-8-4-5-9-14(13)20-17(22)12-19-18(23)21-15-10-6-7-11-16(15)24-2/h4-11H,3,12H2,1-2H3,(H,20,22)(H2,19,21,23). The summed E-state index contributed by atoms with van der Waals surface area (Å²) in [6.07, 6.45) is 0.818. The maximum atomic E-state index is 12.0. The zero-order valence-electron chi connectivity index (χ0n) is 13.8. The number of ether oxygens (including phenoxy) is 1. The number of hydrogen-bond acceptors (Lipinski definition) is 3. The van der Waals surface area contributed by atoms with Gasteiger partial charge in [-0.25, -0.2) is 4.79 Å². The topological polar surface area (TPSA) is 79.5 Å². The first-order valence-electron chi connectivity index (χ1n) is 7.69. The molecule has 2 aromatic rings. The summed E-state index contributed by atoms with van der Waals surface area (Å²) in [6.45, 7) is 1.89. The zero-order chi connectivity index (χ0) is 17.4. The van der Waals surface area contributed by atoms with E-state index >= 15 is 0 Å². The van der Waals surface area contributed by atoms with E-state index in [0.29, 0.717) is 11.4 Å². The summed E-state index contributed by atoms with van der Waals surface area (Å²) < 4.78 is 5.15. The average Bonchev–Trinajstić information content (AvgIpc) is 2.61. The summed E-state index contributed by atoms with van der Waals surface area (Å²) >= 11 is 0. The maximum Gasteiger partial charge on any atom is 0.319 e. The quantitative estimate of drug-likeness (QED) is 0.763. The summed E-state index contributed by atoms with van der Waals surface area (Å²) in [5.41, 5.74) is 2.34. The number of hydrogen-bond donors (Lipinski definition) is 3. The van der Waals surface area contributed by atoms with E-state index in [4.69, 9.17) is 4.74 Å². The van der Waals surface area contributed by atoms with Crippen LogP contribution < -0.4 is 20.7 Å². The minimum Gasteiger partial charge on any atom is -0.495 e. The molecular formula is C18H21N3O3. The maximum absolute atomic E-state index is 12.0. The smallest absolute Gasteiger partial charge is 0.319 e. The number of nitrogens with one attached hydrogen (secondary N) is 3. The fourth-order valence-electron chi connectivity index (χ4n) is 2.22. The predicted octanol–water partition coefficient (Wildman–Crippen LogP) is 3.02. The number of aryl methyl sites for hydroxylation is 1. The number of anilines is 2. The van der Waals surface area contributed by atoms with Gasteiger partial charge in [-0.15, -0.1) is 0 Å². The Balaban J connectivity index is 1.86. The van der Waals surface area contributed by atoms with Crippen LogP contribution in [0.4, 0.5) is 16.2 Å². The Morgan fingerprint density at radius 2 is 1.62 bits per heavy atom. The Hall–Kier alpha value is -3.02. The van der Waals surface area contributed by atoms with Crippen LogP contribution in [0.25, 0.3) is 0 Å². The molecule has 0 saturated carbocycles. The van der Waals surface area contributed by atoms with Crippen LogP contribution in [0.1, 0.15) is 12.5 Å². The van der Waals surface area contributed by atoms with Crippen molar-refractivity contribution in [2.24, 2.45) is 0 Å². The number of rotatable bonds is 6. The van der Waals surface area contributed by atoms with Gasteiger partial charge in [0.1, 0.15) is 5.75 Å². The van der Waals surface area contributed by atoms with E-state index in [0.717, 1.165) is 17.7 Å². The molecule has 24 heavy (non-hydrogen) atoms. The van der Waals surface area contributed by atoms with E-state index in [9.17, 15) is 9.59 Å². The van der Waals surface area contributed by atoms with Gasteiger partial charge in [0, 0.05) is 5.69 Å². The Labute approximate surface area is 141 Å². The van der Waals surface area contributed by atoms with Crippen LogP contribution in [0.2, 0.25) is 0 Å². The fourth-order valence-corrected chi connectivity index (χ4v) is 2.22. The monoisotopic (exact) mass is 327 g/mol. The van der Waals surface area contributed by atoms with E-state index in [1.54, 1.807) is 24.3 Å². The molecule has 0 aromatic heterocycles. The van der Waals surface area contributed by atoms with Gasteiger partial charge in [0.15, 0.2) is 0 Å². The van der Waals surface area contributed by atoms with Gasteiger partial charge < -0.3 is 20.7 Å². The summed E-state index contributed by atoms with van der Waals surface area (Å²) in [5, 5.41) is 7.97. The summed E-state index contributed by atoms with van der Waals surface area (Å²) in [4.78, 5) is 23.9. The van der Waals surface area contributed by atoms with Crippen molar-refractivity contribution < 1.29 is 14.3 Å². The normalized spacial score (nSPS) is 9.92. The summed E-state index contributed by atoms with van der Waals surface area (Å²) in [5.74, 6) is 0.264. The van der Waals surface area contributed by atoms with Crippen LogP contribution in [0.5, 0.6) is 5.75 Å². The van der Waals surface area contributed by atoms with E-state index < -0.39 is 6.03 Å². The lowest BCUT2D eigenvalue weighted by Gasteiger charge is -2.12. The number of benzene rings is 2. The molecule has 0 radical (unpaired) electrons. The Morgan fingerprint density at radius 1 is 0.958 bits per heavy atom. The van der Waals surface area contributed by atoms with E-state index in [-0.39, 0.29) is 12.5 Å². The van der Waals surface area contributed by atoms with Crippen molar-refractivity contribution in [1.29, 1.82) is 0 Å². The van der Waals surface area contributed by atoms with Crippen LogP contribution in [0, 0.1) is 0 Å². The molecule has 6 nitrogen and oxygen atoms in total. The molecule has 0 aliphatic heterocycles.